The SMILES string of the molecule is COc1cc(Cl)c(C)cc1NC(=O)/C(C#N)=C/c1ccc(N(C)CCC#N)cc1. The molecule has 0 aliphatic rings. The molecule has 2 aromatic carbocycles. The number of hydrogen-bond donors (Lipinski definition) is 1. The summed E-state index contributed by atoms with van der Waals surface area (Å²) in [4.78, 5) is 14.5. The van der Waals surface area contributed by atoms with E-state index in [4.69, 9.17) is 21.6 Å². The van der Waals surface area contributed by atoms with Gasteiger partial charge in [-0.05, 0) is 42.3 Å². The molecule has 0 bridgehead atoms. The summed E-state index contributed by atoms with van der Waals surface area (Å²) in [6, 6.07) is 14.7. The first kappa shape index (κ1) is 21.8. The van der Waals surface area contributed by atoms with Gasteiger partial charge in [-0.25, -0.2) is 0 Å². The summed E-state index contributed by atoms with van der Waals surface area (Å²) in [5.41, 5.74) is 2.84. The van der Waals surface area contributed by atoms with E-state index in [0.717, 1.165) is 11.3 Å². The number of nitrogens with one attached hydrogen (secondary N) is 1. The number of methoxy groups -OCH3 is 1. The molecule has 29 heavy (non-hydrogen) atoms. The quantitative estimate of drug-likeness (QED) is 0.536. The van der Waals surface area contributed by atoms with Crippen LogP contribution in [-0.2, 0) is 4.79 Å². The van der Waals surface area contributed by atoms with Gasteiger partial charge in [0.15, 0.2) is 0 Å². The summed E-state index contributed by atoms with van der Waals surface area (Å²) in [6.45, 7) is 2.44. The number of amides is 1. The highest BCUT2D eigenvalue weighted by molar-refractivity contribution is 6.31. The molecule has 0 aliphatic carbocycles. The summed E-state index contributed by atoms with van der Waals surface area (Å²) in [5.74, 6) is -0.126. The van der Waals surface area contributed by atoms with Crippen LogP contribution in [0.5, 0.6) is 5.75 Å². The van der Waals surface area contributed by atoms with Gasteiger partial charge in [-0.2, -0.15) is 10.5 Å². The van der Waals surface area contributed by atoms with Gasteiger partial charge in [0, 0.05) is 30.4 Å². The fourth-order valence-electron chi connectivity index (χ4n) is 2.61. The standard InChI is InChI=1S/C22H21ClN4O2/c1-15-11-20(21(29-3)13-19(15)23)26-22(28)17(14-25)12-16-5-7-18(8-6-16)27(2)10-4-9-24/h5-8,11-13H,4,10H2,1-3H3,(H,26,28)/b17-12+. The Morgan fingerprint density at radius 2 is 1.97 bits per heavy atom. The van der Waals surface area contributed by atoms with E-state index >= 15 is 0 Å². The van der Waals surface area contributed by atoms with Crippen LogP contribution in [0.1, 0.15) is 17.5 Å². The molecule has 1 amide bonds. The van der Waals surface area contributed by atoms with E-state index < -0.39 is 5.91 Å². The van der Waals surface area contributed by atoms with Crippen molar-refractivity contribution in [3.05, 3.63) is 58.1 Å². The van der Waals surface area contributed by atoms with Crippen molar-refractivity contribution in [3.63, 3.8) is 0 Å². The minimum absolute atomic E-state index is 0.0368. The lowest BCUT2D eigenvalue weighted by Gasteiger charge is -2.17. The molecule has 0 aromatic heterocycles. The number of hydrogen-bond acceptors (Lipinski definition) is 5. The van der Waals surface area contributed by atoms with Crippen LogP contribution in [0.4, 0.5) is 11.4 Å². The van der Waals surface area contributed by atoms with Crippen LogP contribution in [0.15, 0.2) is 42.0 Å². The lowest BCUT2D eigenvalue weighted by atomic mass is 10.1. The van der Waals surface area contributed by atoms with Crippen molar-refractivity contribution < 1.29 is 9.53 Å². The highest BCUT2D eigenvalue weighted by Gasteiger charge is 2.14. The largest absolute Gasteiger partial charge is 0.495 e. The van der Waals surface area contributed by atoms with Gasteiger partial charge in [0.1, 0.15) is 17.4 Å². The fourth-order valence-corrected chi connectivity index (χ4v) is 2.76. The van der Waals surface area contributed by atoms with Gasteiger partial charge >= 0.3 is 0 Å². The number of anilines is 2. The number of benzene rings is 2. The zero-order chi connectivity index (χ0) is 21.4. The molecular weight excluding hydrogens is 388 g/mol. The highest BCUT2D eigenvalue weighted by Crippen LogP contribution is 2.31. The van der Waals surface area contributed by atoms with Crippen molar-refractivity contribution in [1.82, 2.24) is 0 Å². The van der Waals surface area contributed by atoms with Crippen LogP contribution in [0.3, 0.4) is 0 Å². The molecule has 0 radical (unpaired) electrons. The summed E-state index contributed by atoms with van der Waals surface area (Å²) >= 11 is 6.09. The lowest BCUT2D eigenvalue weighted by Crippen LogP contribution is -2.17. The third-order valence-electron chi connectivity index (χ3n) is 4.30. The van der Waals surface area contributed by atoms with Crippen molar-refractivity contribution in [2.24, 2.45) is 0 Å². The van der Waals surface area contributed by atoms with Gasteiger partial charge in [0.05, 0.1) is 25.3 Å². The normalized spacial score (nSPS) is 10.6. The first-order valence-electron chi connectivity index (χ1n) is 8.85. The predicted molar refractivity (Wildman–Crippen MR) is 115 cm³/mol. The first-order valence-corrected chi connectivity index (χ1v) is 9.22. The Hall–Kier alpha value is -3.48. The molecule has 6 nitrogen and oxygen atoms in total. The van der Waals surface area contributed by atoms with Gasteiger partial charge < -0.3 is 15.0 Å². The van der Waals surface area contributed by atoms with Crippen LogP contribution in [-0.4, -0.2) is 26.6 Å². The van der Waals surface area contributed by atoms with Gasteiger partial charge in [0.2, 0.25) is 0 Å². The van der Waals surface area contributed by atoms with Crippen molar-refractivity contribution in [3.8, 4) is 17.9 Å². The minimum Gasteiger partial charge on any atom is -0.495 e. The van der Waals surface area contributed by atoms with Crippen molar-refractivity contribution in [2.45, 2.75) is 13.3 Å². The highest BCUT2D eigenvalue weighted by atomic mass is 35.5. The van der Waals surface area contributed by atoms with Crippen molar-refractivity contribution in [2.75, 3.05) is 30.9 Å². The van der Waals surface area contributed by atoms with E-state index in [0.29, 0.717) is 35.0 Å². The zero-order valence-corrected chi connectivity index (χ0v) is 17.2. The smallest absolute Gasteiger partial charge is 0.266 e. The van der Waals surface area contributed by atoms with E-state index in [-0.39, 0.29) is 5.57 Å². The summed E-state index contributed by atoms with van der Waals surface area (Å²) in [6.07, 6.45) is 1.95. The molecule has 148 valence electrons. The maximum Gasteiger partial charge on any atom is 0.266 e. The molecule has 1 N–H and O–H groups in total. The Labute approximate surface area is 175 Å². The zero-order valence-electron chi connectivity index (χ0n) is 16.5. The number of halogens is 1. The van der Waals surface area contributed by atoms with E-state index in [1.54, 1.807) is 12.1 Å². The second kappa shape index (κ2) is 10.2. The minimum atomic E-state index is -0.539. The molecule has 0 saturated carbocycles. The molecule has 7 heteroatoms. The maximum atomic E-state index is 12.6. The molecule has 0 unspecified atom stereocenters. The molecular formula is C22H21ClN4O2. The molecule has 0 heterocycles. The number of aryl methyl sites for hydroxylation is 1. The lowest BCUT2D eigenvalue weighted by molar-refractivity contribution is -0.112. The van der Waals surface area contributed by atoms with Crippen LogP contribution in [0, 0.1) is 29.6 Å². The summed E-state index contributed by atoms with van der Waals surface area (Å²) in [7, 11) is 3.38. The van der Waals surface area contributed by atoms with Gasteiger partial charge in [-0.3, -0.25) is 4.79 Å². The van der Waals surface area contributed by atoms with Crippen molar-refractivity contribution in [1.29, 1.82) is 10.5 Å². The van der Waals surface area contributed by atoms with Crippen molar-refractivity contribution >= 4 is 35.0 Å². The Bertz CT molecular complexity index is 1000. The van der Waals surface area contributed by atoms with Crippen LogP contribution < -0.4 is 15.0 Å². The monoisotopic (exact) mass is 408 g/mol. The van der Waals surface area contributed by atoms with Gasteiger partial charge in [-0.15, -0.1) is 0 Å². The average Bonchev–Trinajstić information content (AvgIpc) is 2.72. The number of nitriles is 2. The number of rotatable bonds is 7. The third kappa shape index (κ3) is 5.75. The second-order valence-corrected chi connectivity index (χ2v) is 6.75. The van der Waals surface area contributed by atoms with Gasteiger partial charge in [-0.1, -0.05) is 23.7 Å². The predicted octanol–water partition coefficient (Wildman–Crippen LogP) is 4.55. The average molecular weight is 409 g/mol. The number of nitrogens with zero attached hydrogens (tertiary/aromatic N) is 3. The number of carbonyl (C=O) groups excluding carboxylic acids is 1. The topological polar surface area (TPSA) is 89.2 Å². The Morgan fingerprint density at radius 3 is 2.55 bits per heavy atom. The molecule has 0 fully saturated rings. The van der Waals surface area contributed by atoms with E-state index in [1.807, 2.05) is 49.2 Å². The number of ether oxygens (including phenoxy) is 1. The van der Waals surface area contributed by atoms with E-state index in [1.165, 1.54) is 13.2 Å². The Balaban J connectivity index is 2.20. The van der Waals surface area contributed by atoms with E-state index in [9.17, 15) is 10.1 Å². The molecule has 2 rings (SSSR count). The summed E-state index contributed by atoms with van der Waals surface area (Å²) < 4.78 is 5.25. The van der Waals surface area contributed by atoms with Crippen LogP contribution in [0.25, 0.3) is 6.08 Å². The first-order chi connectivity index (χ1) is 13.9. The molecule has 0 atom stereocenters. The second-order valence-electron chi connectivity index (χ2n) is 6.35. The third-order valence-corrected chi connectivity index (χ3v) is 4.71. The van der Waals surface area contributed by atoms with Crippen LogP contribution >= 0.6 is 11.6 Å². The van der Waals surface area contributed by atoms with Crippen LogP contribution in [0.2, 0.25) is 5.02 Å². The molecule has 0 spiro atoms. The molecule has 2 aromatic rings. The fraction of sp³-hybridized carbons (Fsp3) is 0.227. The van der Waals surface area contributed by atoms with E-state index in [2.05, 4.69) is 11.4 Å². The molecule has 0 aliphatic heterocycles. The Morgan fingerprint density at radius 1 is 1.28 bits per heavy atom. The number of carbonyl (C=O) groups is 1. The summed E-state index contributed by atoms with van der Waals surface area (Å²) in [5, 5.41) is 21.3. The Kier molecular flexibility index (Phi) is 7.65. The maximum absolute atomic E-state index is 12.6. The molecule has 0 saturated heterocycles. The van der Waals surface area contributed by atoms with Gasteiger partial charge in [0.25, 0.3) is 5.91 Å².